The maximum absolute atomic E-state index is 13.6. The number of nitrogens with one attached hydrogen (secondary N) is 2. The first-order valence-electron chi connectivity index (χ1n) is 13.2. The van der Waals surface area contributed by atoms with Crippen molar-refractivity contribution in [1.29, 1.82) is 0 Å². The molecule has 2 aromatic carbocycles. The number of carbonyl (C=O) groups excluding carboxylic acids is 2. The van der Waals surface area contributed by atoms with Gasteiger partial charge in [0.2, 0.25) is 11.9 Å². The highest BCUT2D eigenvalue weighted by atomic mass is 35.5. The molecule has 0 unspecified atom stereocenters. The van der Waals surface area contributed by atoms with Gasteiger partial charge in [0.15, 0.2) is 5.82 Å². The van der Waals surface area contributed by atoms with Gasteiger partial charge in [-0.3, -0.25) is 9.59 Å². The van der Waals surface area contributed by atoms with Gasteiger partial charge in [0, 0.05) is 68.4 Å². The zero-order valence-electron chi connectivity index (χ0n) is 22.7. The first-order chi connectivity index (χ1) is 19.7. The monoisotopic (exact) mass is 601 g/mol. The van der Waals surface area contributed by atoms with Gasteiger partial charge < -0.3 is 25.3 Å². The number of aromatic nitrogens is 2. The Kier molecular flexibility index (Phi) is 8.79. The summed E-state index contributed by atoms with van der Waals surface area (Å²) in [5, 5.41) is 6.00. The predicted molar refractivity (Wildman–Crippen MR) is 160 cm³/mol. The summed E-state index contributed by atoms with van der Waals surface area (Å²) in [5.41, 5.74) is 1.97. The van der Waals surface area contributed by atoms with E-state index in [0.29, 0.717) is 43.1 Å². The van der Waals surface area contributed by atoms with Crippen LogP contribution in [0.2, 0.25) is 5.02 Å². The Hall–Kier alpha value is -3.64. The summed E-state index contributed by atoms with van der Waals surface area (Å²) in [6.45, 7) is 1.91. The topological polar surface area (TPSA) is 93.7 Å². The fourth-order valence-electron chi connectivity index (χ4n) is 5.01. The second kappa shape index (κ2) is 12.5. The molecule has 2 aliphatic heterocycles. The number of benzene rings is 2. The lowest BCUT2D eigenvalue weighted by atomic mass is 10.1. The van der Waals surface area contributed by atoms with Gasteiger partial charge >= 0.3 is 0 Å². The fourth-order valence-corrected chi connectivity index (χ4v) is 6.11. The highest BCUT2D eigenvalue weighted by molar-refractivity contribution is 7.99. The van der Waals surface area contributed by atoms with E-state index in [0.717, 1.165) is 41.8 Å². The quantitative estimate of drug-likeness (QED) is 0.390. The number of hydrogen-bond acceptors (Lipinski definition) is 8. The van der Waals surface area contributed by atoms with Crippen LogP contribution in [0, 0.1) is 11.6 Å². The first kappa shape index (κ1) is 28.9. The number of nitrogens with zero attached hydrogens (tertiary/aromatic N) is 5. The molecule has 1 aromatic heterocycles. The number of halogens is 3. The van der Waals surface area contributed by atoms with Crippen molar-refractivity contribution in [2.75, 3.05) is 65.7 Å². The van der Waals surface area contributed by atoms with Crippen LogP contribution in [0.1, 0.15) is 23.2 Å². The fraction of sp³-hybridized carbons (Fsp3) is 0.357. The lowest BCUT2D eigenvalue weighted by Gasteiger charge is -2.29. The number of carbonyl (C=O) groups is 2. The van der Waals surface area contributed by atoms with Crippen LogP contribution in [-0.4, -0.2) is 78.0 Å². The Balaban J connectivity index is 1.35. The van der Waals surface area contributed by atoms with Crippen LogP contribution in [0.4, 0.5) is 37.6 Å². The molecule has 13 heteroatoms. The molecule has 41 heavy (non-hydrogen) atoms. The van der Waals surface area contributed by atoms with Crippen molar-refractivity contribution in [3.63, 3.8) is 0 Å². The lowest BCUT2D eigenvalue weighted by Crippen LogP contribution is -2.40. The van der Waals surface area contributed by atoms with Crippen molar-refractivity contribution in [1.82, 2.24) is 14.9 Å². The zero-order valence-corrected chi connectivity index (χ0v) is 24.2. The van der Waals surface area contributed by atoms with E-state index in [1.54, 1.807) is 17.0 Å². The molecule has 0 radical (unpaired) electrons. The average Bonchev–Trinajstić information content (AvgIpc) is 3.43. The van der Waals surface area contributed by atoms with E-state index >= 15 is 0 Å². The highest BCUT2D eigenvalue weighted by Crippen LogP contribution is 2.32. The molecule has 2 N–H and O–H groups in total. The van der Waals surface area contributed by atoms with Crippen molar-refractivity contribution in [2.24, 2.45) is 0 Å². The van der Waals surface area contributed by atoms with Gasteiger partial charge in [-0.2, -0.15) is 16.7 Å². The Morgan fingerprint density at radius 1 is 1.05 bits per heavy atom. The normalized spacial score (nSPS) is 17.0. The number of hydrogen-bond donors (Lipinski definition) is 2. The number of anilines is 5. The van der Waals surface area contributed by atoms with Gasteiger partial charge in [-0.05, 0) is 43.2 Å². The van der Waals surface area contributed by atoms with Gasteiger partial charge in [-0.15, -0.1) is 0 Å². The maximum atomic E-state index is 13.6. The van der Waals surface area contributed by atoms with Crippen LogP contribution < -0.4 is 20.4 Å². The van der Waals surface area contributed by atoms with E-state index in [1.807, 2.05) is 41.7 Å². The minimum Gasteiger partial charge on any atom is -0.377 e. The Bertz CT molecular complexity index is 1430. The van der Waals surface area contributed by atoms with Crippen LogP contribution in [-0.2, 0) is 4.79 Å². The van der Waals surface area contributed by atoms with Crippen LogP contribution >= 0.6 is 23.4 Å². The van der Waals surface area contributed by atoms with E-state index in [2.05, 4.69) is 20.6 Å². The van der Waals surface area contributed by atoms with Gasteiger partial charge in [0.1, 0.15) is 22.7 Å². The Labute approximate surface area is 246 Å². The number of rotatable bonds is 7. The average molecular weight is 602 g/mol. The van der Waals surface area contributed by atoms with Crippen LogP contribution in [0.25, 0.3) is 0 Å². The van der Waals surface area contributed by atoms with Crippen molar-refractivity contribution in [2.45, 2.75) is 18.9 Å². The molecule has 2 fully saturated rings. The van der Waals surface area contributed by atoms with Crippen molar-refractivity contribution in [3.05, 3.63) is 64.8 Å². The molecule has 2 amide bonds. The third kappa shape index (κ3) is 6.65. The molecule has 0 spiro atoms. The lowest BCUT2D eigenvalue weighted by molar-refractivity contribution is -0.117. The minimum absolute atomic E-state index is 0.0569. The van der Waals surface area contributed by atoms with E-state index in [-0.39, 0.29) is 28.5 Å². The molecular weight excluding hydrogens is 572 g/mol. The molecule has 0 saturated carbocycles. The second-order valence-electron chi connectivity index (χ2n) is 10.0. The summed E-state index contributed by atoms with van der Waals surface area (Å²) in [6, 6.07) is 7.79. The molecule has 2 saturated heterocycles. The third-order valence-electron chi connectivity index (χ3n) is 6.95. The van der Waals surface area contributed by atoms with Crippen molar-refractivity contribution >= 4 is 64.0 Å². The predicted octanol–water partition coefficient (Wildman–Crippen LogP) is 5.01. The molecule has 3 heterocycles. The Morgan fingerprint density at radius 2 is 1.78 bits per heavy atom. The van der Waals surface area contributed by atoms with Gasteiger partial charge in [-0.1, -0.05) is 11.6 Å². The summed E-state index contributed by atoms with van der Waals surface area (Å²) in [6.07, 6.45) is 2.68. The van der Waals surface area contributed by atoms with Gasteiger partial charge in [-0.25, -0.2) is 13.8 Å². The molecule has 0 bridgehead atoms. The van der Waals surface area contributed by atoms with Crippen molar-refractivity contribution in [3.8, 4) is 0 Å². The van der Waals surface area contributed by atoms with E-state index in [9.17, 15) is 18.4 Å². The largest absolute Gasteiger partial charge is 0.377 e. The minimum atomic E-state index is -0.739. The summed E-state index contributed by atoms with van der Waals surface area (Å²) in [5.74, 6) is 0.424. The summed E-state index contributed by atoms with van der Waals surface area (Å²) in [4.78, 5) is 41.0. The Morgan fingerprint density at radius 3 is 2.49 bits per heavy atom. The number of amides is 2. The highest BCUT2D eigenvalue weighted by Gasteiger charge is 2.33. The third-order valence-corrected chi connectivity index (χ3v) is 8.16. The molecule has 216 valence electrons. The SMILES string of the molecule is CN(C)c1ccc(NC(=O)[C@@H]2CCCN2c2nc(Nc3cc(F)cc(F)c3)ncc2Cl)cc1C(=O)N1CCSCC1. The maximum Gasteiger partial charge on any atom is 0.256 e. The van der Waals surface area contributed by atoms with E-state index in [4.69, 9.17) is 11.6 Å². The number of thioether (sulfide) groups is 1. The molecule has 3 aromatic rings. The molecule has 9 nitrogen and oxygen atoms in total. The first-order valence-corrected chi connectivity index (χ1v) is 14.7. The van der Waals surface area contributed by atoms with E-state index in [1.165, 1.54) is 6.20 Å². The van der Waals surface area contributed by atoms with Crippen LogP contribution in [0.3, 0.4) is 0 Å². The van der Waals surface area contributed by atoms with Crippen molar-refractivity contribution < 1.29 is 18.4 Å². The summed E-state index contributed by atoms with van der Waals surface area (Å²) >= 11 is 8.27. The second-order valence-corrected chi connectivity index (χ2v) is 11.7. The zero-order chi connectivity index (χ0) is 29.1. The molecule has 1 atom stereocenters. The molecule has 0 aliphatic carbocycles. The molecule has 2 aliphatic rings. The van der Waals surface area contributed by atoms with Gasteiger partial charge in [0.05, 0.1) is 11.8 Å². The van der Waals surface area contributed by atoms with Crippen LogP contribution in [0.5, 0.6) is 0 Å². The van der Waals surface area contributed by atoms with E-state index < -0.39 is 17.7 Å². The molecular formula is C28H30ClF2N7O2S. The summed E-state index contributed by atoms with van der Waals surface area (Å²) < 4.78 is 27.3. The standard InChI is InChI=1S/C28H30ClF2N7O2S/c1-36(2)23-6-5-19(15-21(23)27(40)37-8-10-41-11-9-37)33-26(39)24-4-3-7-38(24)25-22(29)16-32-28(35-25)34-20-13-17(30)12-18(31)14-20/h5-6,12-16,24H,3-4,7-11H2,1-2H3,(H,33,39)(H,32,34,35)/t24-/m0/s1. The van der Waals surface area contributed by atoms with Crippen LogP contribution in [0.15, 0.2) is 42.6 Å². The molecule has 5 rings (SSSR count). The smallest absolute Gasteiger partial charge is 0.256 e. The van der Waals surface area contributed by atoms with Gasteiger partial charge in [0.25, 0.3) is 5.91 Å². The summed E-state index contributed by atoms with van der Waals surface area (Å²) in [7, 11) is 3.76.